The zero-order chi connectivity index (χ0) is 18.0. The topological polar surface area (TPSA) is 44.1 Å². The fourth-order valence-electron chi connectivity index (χ4n) is 2.51. The van der Waals surface area contributed by atoms with Crippen molar-refractivity contribution in [2.45, 2.75) is 13.5 Å². The van der Waals surface area contributed by atoms with E-state index in [2.05, 4.69) is 5.10 Å². The number of carbonyl (C=O) groups excluding carboxylic acids is 1. The highest BCUT2D eigenvalue weighted by Gasteiger charge is 2.17. The Hall–Kier alpha value is -2.30. The Bertz CT molecular complexity index is 918. The van der Waals surface area contributed by atoms with E-state index in [0.717, 1.165) is 22.4 Å². The molecule has 0 amide bonds. The number of methoxy groups -OCH3 is 1. The van der Waals surface area contributed by atoms with Gasteiger partial charge < -0.3 is 4.74 Å². The maximum absolute atomic E-state index is 11.9. The predicted molar refractivity (Wildman–Crippen MR) is 99.3 cm³/mol. The smallest absolute Gasteiger partial charge is 0.358 e. The third-order valence-corrected chi connectivity index (χ3v) is 4.44. The number of aromatic nitrogens is 2. The molecule has 0 N–H and O–H groups in total. The first-order valence-electron chi connectivity index (χ1n) is 7.65. The maximum atomic E-state index is 11.9. The molecule has 0 aliphatic heterocycles. The van der Waals surface area contributed by atoms with Gasteiger partial charge in [0.1, 0.15) is 0 Å². The van der Waals surface area contributed by atoms with Crippen molar-refractivity contribution in [1.82, 2.24) is 9.78 Å². The molecule has 128 valence electrons. The van der Waals surface area contributed by atoms with Crippen LogP contribution in [0, 0.1) is 6.92 Å². The summed E-state index contributed by atoms with van der Waals surface area (Å²) < 4.78 is 6.53. The minimum atomic E-state index is -0.477. The van der Waals surface area contributed by atoms with Gasteiger partial charge >= 0.3 is 5.97 Å². The number of hydrogen-bond acceptors (Lipinski definition) is 3. The second-order valence-electron chi connectivity index (χ2n) is 5.67. The number of rotatable bonds is 4. The van der Waals surface area contributed by atoms with E-state index in [9.17, 15) is 4.79 Å². The summed E-state index contributed by atoms with van der Waals surface area (Å²) >= 11 is 12.2. The molecule has 0 fully saturated rings. The second kappa shape index (κ2) is 7.30. The summed E-state index contributed by atoms with van der Waals surface area (Å²) in [4.78, 5) is 11.9. The van der Waals surface area contributed by atoms with Crippen LogP contribution >= 0.6 is 23.2 Å². The van der Waals surface area contributed by atoms with E-state index >= 15 is 0 Å². The van der Waals surface area contributed by atoms with Crippen LogP contribution in [0.5, 0.6) is 0 Å². The number of hydrogen-bond donors (Lipinski definition) is 0. The molecule has 0 saturated heterocycles. The number of esters is 1. The molecule has 0 bridgehead atoms. The lowest BCUT2D eigenvalue weighted by atomic mass is 10.1. The second-order valence-corrected chi connectivity index (χ2v) is 6.51. The third kappa shape index (κ3) is 3.86. The van der Waals surface area contributed by atoms with Gasteiger partial charge in [-0.2, -0.15) is 5.10 Å². The minimum absolute atomic E-state index is 0.253. The number of carbonyl (C=O) groups is 1. The Labute approximate surface area is 155 Å². The van der Waals surface area contributed by atoms with Crippen LogP contribution in [-0.2, 0) is 11.3 Å². The molecule has 0 unspecified atom stereocenters. The Balaban J connectivity index is 2.05. The Morgan fingerprint density at radius 3 is 2.48 bits per heavy atom. The first-order chi connectivity index (χ1) is 12.0. The van der Waals surface area contributed by atoms with Crippen molar-refractivity contribution in [3.8, 4) is 11.3 Å². The van der Waals surface area contributed by atoms with Crippen LogP contribution in [0.1, 0.15) is 21.6 Å². The fraction of sp³-hybridized carbons (Fsp3) is 0.158. The van der Waals surface area contributed by atoms with Gasteiger partial charge in [0, 0.05) is 10.0 Å². The van der Waals surface area contributed by atoms with E-state index in [1.165, 1.54) is 7.11 Å². The molecule has 0 aliphatic rings. The van der Waals surface area contributed by atoms with Crippen LogP contribution in [0.2, 0.25) is 10.0 Å². The van der Waals surface area contributed by atoms with Gasteiger partial charge in [0.2, 0.25) is 0 Å². The van der Waals surface area contributed by atoms with E-state index in [0.29, 0.717) is 16.6 Å². The summed E-state index contributed by atoms with van der Waals surface area (Å²) in [6.07, 6.45) is 0. The average Bonchev–Trinajstić information content (AvgIpc) is 3.01. The summed E-state index contributed by atoms with van der Waals surface area (Å²) in [5.41, 5.74) is 4.04. The molecule has 6 heteroatoms. The summed E-state index contributed by atoms with van der Waals surface area (Å²) in [7, 11) is 1.34. The largest absolute Gasteiger partial charge is 0.464 e. The highest BCUT2D eigenvalue weighted by atomic mass is 35.5. The molecular weight excluding hydrogens is 359 g/mol. The normalized spacial score (nSPS) is 10.7. The van der Waals surface area contributed by atoms with Gasteiger partial charge in [-0.25, -0.2) is 4.79 Å². The fourth-order valence-corrected chi connectivity index (χ4v) is 2.98. The lowest BCUT2D eigenvalue weighted by Crippen LogP contribution is -2.07. The molecule has 0 spiro atoms. The van der Waals surface area contributed by atoms with E-state index in [1.807, 2.05) is 37.3 Å². The van der Waals surface area contributed by atoms with Crippen molar-refractivity contribution >= 4 is 29.2 Å². The van der Waals surface area contributed by atoms with Gasteiger partial charge in [-0.3, -0.25) is 4.68 Å². The average molecular weight is 375 g/mol. The van der Waals surface area contributed by atoms with E-state index in [1.54, 1.807) is 22.9 Å². The third-order valence-electron chi connectivity index (χ3n) is 3.86. The van der Waals surface area contributed by atoms with Crippen molar-refractivity contribution in [2.24, 2.45) is 0 Å². The van der Waals surface area contributed by atoms with Gasteiger partial charge in [-0.15, -0.1) is 0 Å². The molecule has 1 aromatic heterocycles. The van der Waals surface area contributed by atoms with Crippen molar-refractivity contribution in [3.05, 3.63) is 75.4 Å². The highest BCUT2D eigenvalue weighted by molar-refractivity contribution is 6.35. The lowest BCUT2D eigenvalue weighted by Gasteiger charge is -2.10. The quantitative estimate of drug-likeness (QED) is 0.603. The van der Waals surface area contributed by atoms with E-state index < -0.39 is 5.97 Å². The Morgan fingerprint density at radius 2 is 1.84 bits per heavy atom. The summed E-state index contributed by atoms with van der Waals surface area (Å²) in [6, 6.07) is 15.1. The van der Waals surface area contributed by atoms with Gasteiger partial charge in [0.05, 0.1) is 19.3 Å². The van der Waals surface area contributed by atoms with Gasteiger partial charge in [-0.05, 0) is 36.2 Å². The van der Waals surface area contributed by atoms with Crippen LogP contribution in [-0.4, -0.2) is 22.9 Å². The van der Waals surface area contributed by atoms with Crippen LogP contribution in [0.4, 0.5) is 0 Å². The molecule has 3 rings (SSSR count). The molecular formula is C19H16Cl2N2O2. The monoisotopic (exact) mass is 374 g/mol. The summed E-state index contributed by atoms with van der Waals surface area (Å²) in [5.74, 6) is -0.477. The Morgan fingerprint density at radius 1 is 1.12 bits per heavy atom. The zero-order valence-corrected chi connectivity index (χ0v) is 15.3. The summed E-state index contributed by atoms with van der Waals surface area (Å²) in [5, 5.41) is 5.51. The summed E-state index contributed by atoms with van der Waals surface area (Å²) in [6.45, 7) is 2.44. The number of benzene rings is 2. The van der Waals surface area contributed by atoms with Gasteiger partial charge in [0.15, 0.2) is 5.69 Å². The zero-order valence-electron chi connectivity index (χ0n) is 13.8. The van der Waals surface area contributed by atoms with Crippen LogP contribution in [0.15, 0.2) is 48.5 Å². The SMILES string of the molecule is COC(=O)c1cc(-c2ccc(C)cc2)n(Cc2ccc(Cl)cc2Cl)n1. The molecule has 0 atom stereocenters. The van der Waals surface area contributed by atoms with Gasteiger partial charge in [-0.1, -0.05) is 59.1 Å². The standard InChI is InChI=1S/C19H16Cl2N2O2/c1-12-3-5-13(6-4-12)18-10-17(19(24)25-2)22-23(18)11-14-7-8-15(20)9-16(14)21/h3-10H,11H2,1-2H3. The number of ether oxygens (including phenoxy) is 1. The molecule has 0 radical (unpaired) electrons. The first kappa shape index (κ1) is 17.5. The molecule has 3 aromatic rings. The molecule has 4 nitrogen and oxygen atoms in total. The Kier molecular flexibility index (Phi) is 5.11. The van der Waals surface area contributed by atoms with Crippen molar-refractivity contribution < 1.29 is 9.53 Å². The van der Waals surface area contributed by atoms with Crippen molar-refractivity contribution in [3.63, 3.8) is 0 Å². The van der Waals surface area contributed by atoms with Crippen LogP contribution in [0.25, 0.3) is 11.3 Å². The molecule has 1 heterocycles. The highest BCUT2D eigenvalue weighted by Crippen LogP contribution is 2.26. The van der Waals surface area contributed by atoms with E-state index in [4.69, 9.17) is 27.9 Å². The van der Waals surface area contributed by atoms with Crippen LogP contribution < -0.4 is 0 Å². The molecule has 0 aliphatic carbocycles. The molecule has 0 saturated carbocycles. The first-order valence-corrected chi connectivity index (χ1v) is 8.40. The number of nitrogens with zero attached hydrogens (tertiary/aromatic N) is 2. The van der Waals surface area contributed by atoms with Crippen LogP contribution in [0.3, 0.4) is 0 Å². The van der Waals surface area contributed by atoms with Crippen molar-refractivity contribution in [2.75, 3.05) is 7.11 Å². The number of aryl methyl sites for hydroxylation is 1. The van der Waals surface area contributed by atoms with Crippen molar-refractivity contribution in [1.29, 1.82) is 0 Å². The van der Waals surface area contributed by atoms with E-state index in [-0.39, 0.29) is 5.69 Å². The lowest BCUT2D eigenvalue weighted by molar-refractivity contribution is 0.0593. The molecule has 25 heavy (non-hydrogen) atoms. The maximum Gasteiger partial charge on any atom is 0.358 e. The van der Waals surface area contributed by atoms with Gasteiger partial charge in [0.25, 0.3) is 0 Å². The minimum Gasteiger partial charge on any atom is -0.464 e. The predicted octanol–water partition coefficient (Wildman–Crippen LogP) is 5.00. The molecule has 2 aromatic carbocycles. The number of halogens is 2.